The number of ketones is 1. The zero-order valence-electron chi connectivity index (χ0n) is 20.0. The van der Waals surface area contributed by atoms with Crippen LogP contribution in [0.1, 0.15) is 18.1 Å². The normalized spacial score (nSPS) is 22.5. The zero-order valence-corrected chi connectivity index (χ0v) is 20.0. The van der Waals surface area contributed by atoms with E-state index in [1.54, 1.807) is 54.5 Å². The molecule has 1 saturated heterocycles. The Balaban J connectivity index is 1.51. The second-order valence-electron chi connectivity index (χ2n) is 8.85. The molecule has 1 unspecified atom stereocenters. The van der Waals surface area contributed by atoms with Crippen LogP contribution in [0.15, 0.2) is 91.0 Å². The van der Waals surface area contributed by atoms with Gasteiger partial charge in [-0.05, 0) is 47.5 Å². The lowest BCUT2D eigenvalue weighted by Crippen LogP contribution is -2.77. The quantitative estimate of drug-likeness (QED) is 0.411. The zero-order chi connectivity index (χ0) is 25.3. The van der Waals surface area contributed by atoms with Gasteiger partial charge in [0.15, 0.2) is 17.4 Å². The number of methoxy groups -OCH3 is 1. The molecule has 2 aliphatic rings. The van der Waals surface area contributed by atoms with Crippen LogP contribution in [0.25, 0.3) is 0 Å². The number of carbonyl (C=O) groups excluding carboxylic acids is 3. The van der Waals surface area contributed by atoms with Gasteiger partial charge < -0.3 is 14.8 Å². The van der Waals surface area contributed by atoms with Gasteiger partial charge in [-0.1, -0.05) is 54.6 Å². The Kier molecular flexibility index (Phi) is 6.06. The van der Waals surface area contributed by atoms with Crippen LogP contribution < -0.4 is 19.7 Å². The average molecular weight is 483 g/mol. The first-order valence-corrected chi connectivity index (χ1v) is 11.7. The minimum atomic E-state index is -1.34. The van der Waals surface area contributed by atoms with Gasteiger partial charge in [0.25, 0.3) is 5.91 Å². The third kappa shape index (κ3) is 3.92. The number of β-lactam (4-membered cyclic amide) rings is 1. The van der Waals surface area contributed by atoms with Gasteiger partial charge in [0.1, 0.15) is 11.5 Å². The molecule has 3 aromatic rings. The number of nitrogens with one attached hydrogen (secondary N) is 1. The Hall–Kier alpha value is -4.39. The van der Waals surface area contributed by atoms with Gasteiger partial charge in [-0.25, -0.2) is 0 Å². The standard InChI is InChI=1S/C29H26N2O5/c1-19(32)30-29(21-9-4-3-5-10-21)27(31(28(29)34)22-12-14-23(35-2)15-13-22)17-16-24(33)26-18-20-8-6-7-11-25(20)36-26/h3-17,26-27H,18H2,1-2H3,(H,30,32)/t26?,27-,29+/m1/s1. The molecule has 0 aliphatic carbocycles. The number of hydrogen-bond donors (Lipinski definition) is 1. The molecule has 7 nitrogen and oxygen atoms in total. The Morgan fingerprint density at radius 2 is 1.72 bits per heavy atom. The summed E-state index contributed by atoms with van der Waals surface area (Å²) in [5.41, 5.74) is 0.911. The average Bonchev–Trinajstić information content (AvgIpc) is 3.34. The molecule has 2 aliphatic heterocycles. The summed E-state index contributed by atoms with van der Waals surface area (Å²) in [4.78, 5) is 40.8. The Bertz CT molecular complexity index is 1310. The van der Waals surface area contributed by atoms with Crippen LogP contribution in [0.3, 0.4) is 0 Å². The summed E-state index contributed by atoms with van der Waals surface area (Å²) in [6.45, 7) is 1.38. The van der Waals surface area contributed by atoms with E-state index in [2.05, 4.69) is 5.32 Å². The van der Waals surface area contributed by atoms with Crippen LogP contribution >= 0.6 is 0 Å². The molecule has 0 radical (unpaired) electrons. The highest BCUT2D eigenvalue weighted by Gasteiger charge is 2.62. The van der Waals surface area contributed by atoms with Crippen molar-refractivity contribution in [2.75, 3.05) is 12.0 Å². The van der Waals surface area contributed by atoms with Crippen molar-refractivity contribution in [3.05, 3.63) is 102 Å². The van der Waals surface area contributed by atoms with E-state index in [0.29, 0.717) is 29.2 Å². The number of ether oxygens (including phenoxy) is 2. The van der Waals surface area contributed by atoms with Gasteiger partial charge in [0, 0.05) is 19.0 Å². The molecule has 0 spiro atoms. The summed E-state index contributed by atoms with van der Waals surface area (Å²) in [6.07, 6.45) is 3.00. The van der Waals surface area contributed by atoms with Crippen LogP contribution in [-0.4, -0.2) is 36.9 Å². The molecule has 182 valence electrons. The van der Waals surface area contributed by atoms with E-state index in [-0.39, 0.29) is 17.6 Å². The van der Waals surface area contributed by atoms with Crippen LogP contribution in [0, 0.1) is 0 Å². The fourth-order valence-corrected chi connectivity index (χ4v) is 4.93. The van der Waals surface area contributed by atoms with Crippen molar-refractivity contribution in [3.8, 4) is 11.5 Å². The molecule has 3 atom stereocenters. The number of nitrogens with zero attached hydrogens (tertiary/aromatic N) is 1. The van der Waals surface area contributed by atoms with Crippen LogP contribution in [0.5, 0.6) is 11.5 Å². The number of fused-ring (bicyclic) bond motifs is 1. The Morgan fingerprint density at radius 1 is 1.03 bits per heavy atom. The van der Waals surface area contributed by atoms with E-state index in [9.17, 15) is 14.4 Å². The van der Waals surface area contributed by atoms with Crippen molar-refractivity contribution < 1.29 is 23.9 Å². The van der Waals surface area contributed by atoms with E-state index >= 15 is 0 Å². The second kappa shape index (κ2) is 9.34. The van der Waals surface area contributed by atoms with Gasteiger partial charge in [0.2, 0.25) is 5.91 Å². The molecule has 1 N–H and O–H groups in total. The summed E-state index contributed by atoms with van der Waals surface area (Å²) in [5, 5.41) is 2.89. The number of para-hydroxylation sites is 1. The largest absolute Gasteiger partial charge is 0.497 e. The molecule has 2 heterocycles. The second-order valence-corrected chi connectivity index (χ2v) is 8.85. The number of anilines is 1. The maximum atomic E-state index is 13.8. The van der Waals surface area contributed by atoms with Crippen molar-refractivity contribution in [2.24, 2.45) is 0 Å². The highest BCUT2D eigenvalue weighted by molar-refractivity contribution is 6.12. The summed E-state index contributed by atoms with van der Waals surface area (Å²) in [6, 6.07) is 23.1. The lowest BCUT2D eigenvalue weighted by molar-refractivity contribution is -0.138. The number of hydrogen-bond acceptors (Lipinski definition) is 5. The summed E-state index contributed by atoms with van der Waals surface area (Å²) < 4.78 is 11.1. The Morgan fingerprint density at radius 3 is 2.39 bits per heavy atom. The SMILES string of the molecule is COc1ccc(N2C(=O)[C@](NC(C)=O)(c3ccccc3)[C@H]2C=CC(=O)C2Cc3ccccc3O2)cc1. The maximum Gasteiger partial charge on any atom is 0.260 e. The van der Waals surface area contributed by atoms with E-state index in [1.165, 1.54) is 13.0 Å². The molecular weight excluding hydrogens is 456 g/mol. The number of carbonyl (C=O) groups is 3. The van der Waals surface area contributed by atoms with E-state index in [1.807, 2.05) is 42.5 Å². The van der Waals surface area contributed by atoms with Crippen molar-refractivity contribution >= 4 is 23.3 Å². The smallest absolute Gasteiger partial charge is 0.260 e. The number of rotatable bonds is 7. The summed E-state index contributed by atoms with van der Waals surface area (Å²) in [5.74, 6) is 0.523. The van der Waals surface area contributed by atoms with E-state index in [0.717, 1.165) is 5.56 Å². The van der Waals surface area contributed by atoms with Crippen molar-refractivity contribution in [1.29, 1.82) is 0 Å². The van der Waals surface area contributed by atoms with Gasteiger partial charge in [-0.2, -0.15) is 0 Å². The summed E-state index contributed by atoms with van der Waals surface area (Å²) in [7, 11) is 1.57. The van der Waals surface area contributed by atoms with E-state index in [4.69, 9.17) is 9.47 Å². The monoisotopic (exact) mass is 482 g/mol. The highest BCUT2D eigenvalue weighted by Crippen LogP contribution is 2.44. The predicted molar refractivity (Wildman–Crippen MR) is 135 cm³/mol. The molecule has 0 aromatic heterocycles. The maximum absolute atomic E-state index is 13.8. The molecule has 0 saturated carbocycles. The molecule has 36 heavy (non-hydrogen) atoms. The molecule has 1 fully saturated rings. The third-order valence-electron chi connectivity index (χ3n) is 6.64. The predicted octanol–water partition coefficient (Wildman–Crippen LogP) is 3.57. The number of benzene rings is 3. The van der Waals surface area contributed by atoms with Crippen LogP contribution in [0.2, 0.25) is 0 Å². The molecule has 3 aromatic carbocycles. The Labute approximate surface area is 209 Å². The van der Waals surface area contributed by atoms with Crippen molar-refractivity contribution in [2.45, 2.75) is 31.0 Å². The number of amides is 2. The van der Waals surface area contributed by atoms with Crippen LogP contribution in [0.4, 0.5) is 5.69 Å². The molecule has 2 amide bonds. The molecular formula is C29H26N2O5. The molecule has 5 rings (SSSR count). The van der Waals surface area contributed by atoms with E-state index < -0.39 is 17.7 Å². The van der Waals surface area contributed by atoms with Gasteiger partial charge in [-0.15, -0.1) is 0 Å². The first kappa shape index (κ1) is 23.4. The first-order chi connectivity index (χ1) is 17.4. The lowest BCUT2D eigenvalue weighted by atomic mass is 9.72. The third-order valence-corrected chi connectivity index (χ3v) is 6.64. The van der Waals surface area contributed by atoms with Crippen molar-refractivity contribution in [1.82, 2.24) is 5.32 Å². The fourth-order valence-electron chi connectivity index (χ4n) is 4.93. The molecule has 0 bridgehead atoms. The van der Waals surface area contributed by atoms with Gasteiger partial charge in [0.05, 0.1) is 13.2 Å². The van der Waals surface area contributed by atoms with Crippen molar-refractivity contribution in [3.63, 3.8) is 0 Å². The fraction of sp³-hybridized carbons (Fsp3) is 0.207. The first-order valence-electron chi connectivity index (χ1n) is 11.7. The van der Waals surface area contributed by atoms with Crippen LogP contribution in [-0.2, 0) is 26.3 Å². The molecule has 7 heteroatoms. The van der Waals surface area contributed by atoms with Gasteiger partial charge in [-0.3, -0.25) is 19.3 Å². The topological polar surface area (TPSA) is 84.9 Å². The van der Waals surface area contributed by atoms with Gasteiger partial charge >= 0.3 is 0 Å². The minimum Gasteiger partial charge on any atom is -0.497 e. The highest BCUT2D eigenvalue weighted by atomic mass is 16.5. The lowest BCUT2D eigenvalue weighted by Gasteiger charge is -2.55. The summed E-state index contributed by atoms with van der Waals surface area (Å²) >= 11 is 0. The minimum absolute atomic E-state index is 0.204.